The lowest BCUT2D eigenvalue weighted by molar-refractivity contribution is 0.512. The first-order chi connectivity index (χ1) is 8.78. The Kier molecular flexibility index (Phi) is 4.96. The number of hydrogen-bond donors (Lipinski definition) is 2. The van der Waals surface area contributed by atoms with Crippen LogP contribution in [0.1, 0.15) is 18.3 Å². The molecule has 0 radical (unpaired) electrons. The average molecular weight is 308 g/mol. The molecule has 3 nitrogen and oxygen atoms in total. The predicted molar refractivity (Wildman–Crippen MR) is 77.6 cm³/mol. The maximum atomic E-state index is 4.29. The van der Waals surface area contributed by atoms with Gasteiger partial charge in [-0.1, -0.05) is 35.0 Å². The monoisotopic (exact) mass is 307 g/mol. The predicted octanol–water partition coefficient (Wildman–Crippen LogP) is 2.94. The molecule has 4 heteroatoms. The number of rotatable bonds is 6. The molecule has 0 saturated carbocycles. The first-order valence-electron chi connectivity index (χ1n) is 6.24. The Bertz CT molecular complexity index is 450. The number of imidazole rings is 1. The van der Waals surface area contributed by atoms with Crippen molar-refractivity contribution in [3.63, 3.8) is 0 Å². The number of hydrogen-bond acceptors (Lipinski definition) is 2. The minimum atomic E-state index is 0.419. The number of halogens is 1. The minimum Gasteiger partial charge on any atom is -0.349 e. The van der Waals surface area contributed by atoms with Crippen molar-refractivity contribution in [3.05, 3.63) is 52.5 Å². The Hall–Kier alpha value is -1.13. The SMILES string of the molecule is CCNC(Cc1ccc(Br)cc1)Cc1ncc[nH]1. The number of benzene rings is 1. The van der Waals surface area contributed by atoms with E-state index in [1.807, 2.05) is 6.20 Å². The Balaban J connectivity index is 1.99. The molecule has 2 rings (SSSR count). The highest BCUT2D eigenvalue weighted by atomic mass is 79.9. The van der Waals surface area contributed by atoms with Gasteiger partial charge in [-0.15, -0.1) is 0 Å². The first kappa shape index (κ1) is 13.3. The Morgan fingerprint density at radius 3 is 2.67 bits per heavy atom. The van der Waals surface area contributed by atoms with Crippen molar-refractivity contribution in [2.24, 2.45) is 0 Å². The zero-order valence-electron chi connectivity index (χ0n) is 10.5. The topological polar surface area (TPSA) is 40.7 Å². The molecular formula is C14H18BrN3. The quantitative estimate of drug-likeness (QED) is 0.861. The molecule has 1 aromatic carbocycles. The largest absolute Gasteiger partial charge is 0.349 e. The molecule has 1 heterocycles. The highest BCUT2D eigenvalue weighted by molar-refractivity contribution is 9.10. The average Bonchev–Trinajstić information content (AvgIpc) is 2.85. The summed E-state index contributed by atoms with van der Waals surface area (Å²) in [7, 11) is 0. The lowest BCUT2D eigenvalue weighted by atomic mass is 10.0. The molecular weight excluding hydrogens is 290 g/mol. The molecule has 2 aromatic rings. The van der Waals surface area contributed by atoms with E-state index in [9.17, 15) is 0 Å². The fraction of sp³-hybridized carbons (Fsp3) is 0.357. The lowest BCUT2D eigenvalue weighted by Crippen LogP contribution is -2.33. The fourth-order valence-electron chi connectivity index (χ4n) is 2.05. The zero-order chi connectivity index (χ0) is 12.8. The van der Waals surface area contributed by atoms with Crippen LogP contribution in [-0.2, 0) is 12.8 Å². The Morgan fingerprint density at radius 1 is 1.28 bits per heavy atom. The molecule has 1 atom stereocenters. The standard InChI is InChI=1S/C14H18BrN3/c1-2-16-13(10-14-17-7-8-18-14)9-11-3-5-12(15)6-4-11/h3-8,13,16H,2,9-10H2,1H3,(H,17,18). The van der Waals surface area contributed by atoms with Crippen molar-refractivity contribution in [1.29, 1.82) is 0 Å². The summed E-state index contributed by atoms with van der Waals surface area (Å²) in [6.07, 6.45) is 5.62. The second kappa shape index (κ2) is 6.71. The van der Waals surface area contributed by atoms with E-state index in [-0.39, 0.29) is 0 Å². The van der Waals surface area contributed by atoms with Crippen LogP contribution in [0.4, 0.5) is 0 Å². The summed E-state index contributed by atoms with van der Waals surface area (Å²) in [5.74, 6) is 1.04. The summed E-state index contributed by atoms with van der Waals surface area (Å²) in [6.45, 7) is 3.11. The fourth-order valence-corrected chi connectivity index (χ4v) is 2.32. The summed E-state index contributed by atoms with van der Waals surface area (Å²) >= 11 is 3.46. The van der Waals surface area contributed by atoms with Crippen LogP contribution in [0.5, 0.6) is 0 Å². The molecule has 0 fully saturated rings. The number of nitrogens with one attached hydrogen (secondary N) is 2. The van der Waals surface area contributed by atoms with Gasteiger partial charge < -0.3 is 10.3 Å². The molecule has 0 aliphatic carbocycles. The number of nitrogens with zero attached hydrogens (tertiary/aromatic N) is 1. The van der Waals surface area contributed by atoms with Crippen LogP contribution in [0.2, 0.25) is 0 Å². The molecule has 0 spiro atoms. The Labute approximate surface area is 116 Å². The van der Waals surface area contributed by atoms with Gasteiger partial charge in [0.15, 0.2) is 0 Å². The van der Waals surface area contributed by atoms with Gasteiger partial charge in [0.2, 0.25) is 0 Å². The number of H-pyrrole nitrogens is 1. The molecule has 2 N–H and O–H groups in total. The van der Waals surface area contributed by atoms with Crippen LogP contribution in [0, 0.1) is 0 Å². The second-order valence-corrected chi connectivity index (χ2v) is 5.24. The maximum absolute atomic E-state index is 4.29. The van der Waals surface area contributed by atoms with E-state index in [0.29, 0.717) is 6.04 Å². The molecule has 1 unspecified atom stereocenters. The van der Waals surface area contributed by atoms with Gasteiger partial charge >= 0.3 is 0 Å². The highest BCUT2D eigenvalue weighted by Gasteiger charge is 2.10. The van der Waals surface area contributed by atoms with Crippen molar-refractivity contribution >= 4 is 15.9 Å². The van der Waals surface area contributed by atoms with Gasteiger partial charge in [-0.3, -0.25) is 0 Å². The van der Waals surface area contributed by atoms with E-state index >= 15 is 0 Å². The lowest BCUT2D eigenvalue weighted by Gasteiger charge is -2.16. The van der Waals surface area contributed by atoms with Gasteiger partial charge in [0.05, 0.1) is 0 Å². The van der Waals surface area contributed by atoms with Gasteiger partial charge in [-0.05, 0) is 30.7 Å². The van der Waals surface area contributed by atoms with Crippen molar-refractivity contribution < 1.29 is 0 Å². The van der Waals surface area contributed by atoms with Crippen LogP contribution >= 0.6 is 15.9 Å². The van der Waals surface area contributed by atoms with Crippen LogP contribution in [-0.4, -0.2) is 22.6 Å². The Morgan fingerprint density at radius 2 is 2.06 bits per heavy atom. The number of likely N-dealkylation sites (N-methyl/N-ethyl adjacent to an activating group) is 1. The molecule has 0 amide bonds. The minimum absolute atomic E-state index is 0.419. The normalized spacial score (nSPS) is 12.6. The molecule has 96 valence electrons. The van der Waals surface area contributed by atoms with Crippen molar-refractivity contribution in [3.8, 4) is 0 Å². The third-order valence-electron chi connectivity index (χ3n) is 2.88. The van der Waals surface area contributed by atoms with Crippen LogP contribution < -0.4 is 5.32 Å². The van der Waals surface area contributed by atoms with Gasteiger partial charge in [0, 0.05) is 29.3 Å². The van der Waals surface area contributed by atoms with Crippen molar-refractivity contribution in [1.82, 2.24) is 15.3 Å². The molecule has 0 aliphatic rings. The van der Waals surface area contributed by atoms with E-state index in [4.69, 9.17) is 0 Å². The molecule has 1 aromatic heterocycles. The van der Waals surface area contributed by atoms with Gasteiger partial charge in [0.1, 0.15) is 5.82 Å². The third-order valence-corrected chi connectivity index (χ3v) is 3.41. The summed E-state index contributed by atoms with van der Waals surface area (Å²) in [5.41, 5.74) is 1.34. The summed E-state index contributed by atoms with van der Waals surface area (Å²) < 4.78 is 1.12. The number of aromatic amines is 1. The number of aromatic nitrogens is 2. The summed E-state index contributed by atoms with van der Waals surface area (Å²) in [4.78, 5) is 7.45. The van der Waals surface area contributed by atoms with Crippen molar-refractivity contribution in [2.45, 2.75) is 25.8 Å². The van der Waals surface area contributed by atoms with Gasteiger partial charge in [-0.2, -0.15) is 0 Å². The maximum Gasteiger partial charge on any atom is 0.107 e. The van der Waals surface area contributed by atoms with Crippen LogP contribution in [0.3, 0.4) is 0 Å². The second-order valence-electron chi connectivity index (χ2n) is 4.33. The zero-order valence-corrected chi connectivity index (χ0v) is 12.1. The highest BCUT2D eigenvalue weighted by Crippen LogP contribution is 2.13. The van der Waals surface area contributed by atoms with E-state index in [1.54, 1.807) is 6.20 Å². The van der Waals surface area contributed by atoms with Crippen LogP contribution in [0.15, 0.2) is 41.1 Å². The molecule has 18 heavy (non-hydrogen) atoms. The molecule has 0 aliphatic heterocycles. The molecule has 0 bridgehead atoms. The van der Waals surface area contributed by atoms with E-state index in [1.165, 1.54) is 5.56 Å². The summed E-state index contributed by atoms with van der Waals surface area (Å²) in [6, 6.07) is 8.92. The first-order valence-corrected chi connectivity index (χ1v) is 7.03. The smallest absolute Gasteiger partial charge is 0.107 e. The van der Waals surface area contributed by atoms with E-state index in [0.717, 1.165) is 29.7 Å². The van der Waals surface area contributed by atoms with E-state index < -0.39 is 0 Å². The van der Waals surface area contributed by atoms with Gasteiger partial charge in [-0.25, -0.2) is 4.98 Å². The summed E-state index contributed by atoms with van der Waals surface area (Å²) in [5, 5.41) is 3.51. The molecule has 0 saturated heterocycles. The van der Waals surface area contributed by atoms with Crippen LogP contribution in [0.25, 0.3) is 0 Å². The van der Waals surface area contributed by atoms with Crippen molar-refractivity contribution in [2.75, 3.05) is 6.54 Å². The van der Waals surface area contributed by atoms with Gasteiger partial charge in [0.25, 0.3) is 0 Å². The third kappa shape index (κ3) is 3.96. The van der Waals surface area contributed by atoms with E-state index in [2.05, 4.69) is 62.4 Å².